The van der Waals surface area contributed by atoms with Crippen LogP contribution >= 0.6 is 28.1 Å². The average Bonchev–Trinajstić information content (AvgIpc) is 2.58. The van der Waals surface area contributed by atoms with Gasteiger partial charge in [-0.2, -0.15) is 0 Å². The van der Waals surface area contributed by atoms with Gasteiger partial charge in [-0.1, -0.05) is 12.1 Å². The van der Waals surface area contributed by atoms with Gasteiger partial charge in [-0.25, -0.2) is 0 Å². The molecule has 0 radical (unpaired) electrons. The van der Waals surface area contributed by atoms with Crippen molar-refractivity contribution in [1.29, 1.82) is 0 Å². The van der Waals surface area contributed by atoms with Gasteiger partial charge in [-0.15, -0.1) is 0 Å². The maximum Gasteiger partial charge on any atom is 0.270 e. The number of nitrogens with one attached hydrogen (secondary N) is 3. The van der Waals surface area contributed by atoms with Crippen molar-refractivity contribution in [2.75, 3.05) is 39.4 Å². The van der Waals surface area contributed by atoms with Crippen LogP contribution < -0.4 is 16.2 Å². The molecule has 0 aromatic heterocycles. The minimum atomic E-state index is -0.241. The van der Waals surface area contributed by atoms with Gasteiger partial charge in [-0.05, 0) is 53.2 Å². The molecule has 2 rings (SSSR count). The van der Waals surface area contributed by atoms with E-state index in [0.29, 0.717) is 10.7 Å². The van der Waals surface area contributed by atoms with Gasteiger partial charge in [0, 0.05) is 24.1 Å². The number of halogens is 1. The number of ether oxygens (including phenoxy) is 1. The average molecular weight is 401 g/mol. The Morgan fingerprint density at radius 3 is 2.74 bits per heavy atom. The van der Waals surface area contributed by atoms with Crippen LogP contribution in [0.1, 0.15) is 16.8 Å². The lowest BCUT2D eigenvalue weighted by Gasteiger charge is -2.26. The molecule has 0 saturated carbocycles. The highest BCUT2D eigenvalue weighted by molar-refractivity contribution is 9.10. The maximum atomic E-state index is 12.0. The largest absolute Gasteiger partial charge is 0.379 e. The second kappa shape index (κ2) is 9.82. The summed E-state index contributed by atoms with van der Waals surface area (Å²) in [6.07, 6.45) is 0.986. The second-order valence-corrected chi connectivity index (χ2v) is 6.39. The van der Waals surface area contributed by atoms with Crippen LogP contribution in [-0.4, -0.2) is 55.3 Å². The number of amides is 1. The Kier molecular flexibility index (Phi) is 7.73. The monoisotopic (exact) mass is 400 g/mol. The minimum Gasteiger partial charge on any atom is -0.379 e. The number of hydrazine groups is 1. The van der Waals surface area contributed by atoms with Crippen LogP contribution in [0, 0.1) is 0 Å². The number of nitrogens with zero attached hydrogens (tertiary/aromatic N) is 1. The molecule has 1 saturated heterocycles. The quantitative estimate of drug-likeness (QED) is 0.393. The van der Waals surface area contributed by atoms with Crippen LogP contribution in [0.15, 0.2) is 28.7 Å². The van der Waals surface area contributed by atoms with E-state index in [4.69, 9.17) is 17.0 Å². The van der Waals surface area contributed by atoms with Crippen LogP contribution in [-0.2, 0) is 4.74 Å². The number of morpholine rings is 1. The van der Waals surface area contributed by atoms with Crippen LogP contribution in [0.25, 0.3) is 0 Å². The molecule has 1 fully saturated rings. The summed E-state index contributed by atoms with van der Waals surface area (Å²) in [5, 5.41) is 3.49. The third-order valence-electron chi connectivity index (χ3n) is 3.45. The lowest BCUT2D eigenvalue weighted by Crippen LogP contribution is -2.47. The Labute approximate surface area is 150 Å². The highest BCUT2D eigenvalue weighted by atomic mass is 79.9. The van der Waals surface area contributed by atoms with Crippen molar-refractivity contribution in [1.82, 2.24) is 21.1 Å². The smallest absolute Gasteiger partial charge is 0.270 e. The molecule has 0 atom stereocenters. The van der Waals surface area contributed by atoms with Gasteiger partial charge < -0.3 is 10.1 Å². The summed E-state index contributed by atoms with van der Waals surface area (Å²) in [6, 6.07) is 7.22. The lowest BCUT2D eigenvalue weighted by molar-refractivity contribution is 0.0376. The fourth-order valence-electron chi connectivity index (χ4n) is 2.20. The number of benzene rings is 1. The molecule has 1 aliphatic heterocycles. The molecule has 0 spiro atoms. The van der Waals surface area contributed by atoms with Crippen LogP contribution in [0.2, 0.25) is 0 Å². The third-order valence-corrected chi connectivity index (χ3v) is 4.39. The molecule has 1 aromatic rings. The predicted molar refractivity (Wildman–Crippen MR) is 97.2 cm³/mol. The zero-order valence-corrected chi connectivity index (χ0v) is 15.2. The Hall–Kier alpha value is -1.22. The van der Waals surface area contributed by atoms with Crippen molar-refractivity contribution in [3.8, 4) is 0 Å². The second-order valence-electron chi connectivity index (χ2n) is 5.12. The molecule has 3 N–H and O–H groups in total. The van der Waals surface area contributed by atoms with Gasteiger partial charge >= 0.3 is 0 Å². The Morgan fingerprint density at radius 2 is 2.00 bits per heavy atom. The van der Waals surface area contributed by atoms with Crippen molar-refractivity contribution in [3.63, 3.8) is 0 Å². The molecule has 6 nitrogen and oxygen atoms in total. The fourth-order valence-corrected chi connectivity index (χ4v) is 2.82. The normalized spacial score (nSPS) is 15.0. The fraction of sp³-hybridized carbons (Fsp3) is 0.467. The Morgan fingerprint density at radius 1 is 1.26 bits per heavy atom. The zero-order chi connectivity index (χ0) is 16.5. The topological polar surface area (TPSA) is 65.6 Å². The minimum absolute atomic E-state index is 0.241. The summed E-state index contributed by atoms with van der Waals surface area (Å²) < 4.78 is 6.05. The van der Waals surface area contributed by atoms with Gasteiger partial charge in [0.2, 0.25) is 0 Å². The first-order chi connectivity index (χ1) is 11.2. The molecule has 0 bridgehead atoms. The molecule has 8 heteroatoms. The molecule has 0 unspecified atom stereocenters. The SMILES string of the molecule is O=C(NNC(=S)NCCCN1CCOCC1)c1ccccc1Br. The van der Waals surface area contributed by atoms with E-state index >= 15 is 0 Å². The van der Waals surface area contributed by atoms with Crippen molar-refractivity contribution >= 4 is 39.2 Å². The van der Waals surface area contributed by atoms with Crippen molar-refractivity contribution in [2.45, 2.75) is 6.42 Å². The van der Waals surface area contributed by atoms with Crippen LogP contribution in [0.3, 0.4) is 0 Å². The number of hydrogen-bond donors (Lipinski definition) is 3. The van der Waals surface area contributed by atoms with Gasteiger partial charge in [0.1, 0.15) is 0 Å². The van der Waals surface area contributed by atoms with Gasteiger partial charge in [-0.3, -0.25) is 20.5 Å². The van der Waals surface area contributed by atoms with Crippen molar-refractivity contribution in [2.24, 2.45) is 0 Å². The Bertz CT molecular complexity index is 538. The molecule has 1 heterocycles. The van der Waals surface area contributed by atoms with E-state index in [9.17, 15) is 4.79 Å². The van der Waals surface area contributed by atoms with E-state index in [1.165, 1.54) is 0 Å². The van der Waals surface area contributed by atoms with E-state index in [1.54, 1.807) is 6.07 Å². The number of rotatable bonds is 5. The number of carbonyl (C=O) groups excluding carboxylic acids is 1. The zero-order valence-electron chi connectivity index (χ0n) is 12.8. The Balaban J connectivity index is 1.59. The van der Waals surface area contributed by atoms with E-state index in [1.807, 2.05) is 18.2 Å². The molecule has 1 aliphatic rings. The van der Waals surface area contributed by atoms with Crippen LogP contribution in [0.4, 0.5) is 0 Å². The summed E-state index contributed by atoms with van der Waals surface area (Å²) in [5.41, 5.74) is 5.84. The first-order valence-electron chi connectivity index (χ1n) is 7.55. The molecule has 23 heavy (non-hydrogen) atoms. The summed E-state index contributed by atoms with van der Waals surface area (Å²) in [4.78, 5) is 14.4. The van der Waals surface area contributed by atoms with E-state index in [-0.39, 0.29) is 5.91 Å². The standard InChI is InChI=1S/C15H21BrN4O2S/c16-13-5-2-1-4-12(13)14(21)18-19-15(23)17-6-3-7-20-8-10-22-11-9-20/h1-2,4-5H,3,6-11H2,(H,18,21)(H2,17,19,23). The maximum absolute atomic E-state index is 12.0. The molecular weight excluding hydrogens is 380 g/mol. The third kappa shape index (κ3) is 6.42. The summed E-state index contributed by atoms with van der Waals surface area (Å²) >= 11 is 8.49. The summed E-state index contributed by atoms with van der Waals surface area (Å²) in [6.45, 7) is 5.38. The number of thiocarbonyl (C=S) groups is 1. The van der Waals surface area contributed by atoms with Crippen molar-refractivity contribution < 1.29 is 9.53 Å². The van der Waals surface area contributed by atoms with E-state index in [0.717, 1.165) is 50.3 Å². The lowest BCUT2D eigenvalue weighted by atomic mass is 10.2. The molecule has 126 valence electrons. The predicted octanol–water partition coefficient (Wildman–Crippen LogP) is 1.28. The highest BCUT2D eigenvalue weighted by Crippen LogP contribution is 2.15. The van der Waals surface area contributed by atoms with E-state index < -0.39 is 0 Å². The number of carbonyl (C=O) groups is 1. The van der Waals surface area contributed by atoms with Gasteiger partial charge in [0.15, 0.2) is 5.11 Å². The first kappa shape index (κ1) is 18.1. The van der Waals surface area contributed by atoms with Crippen molar-refractivity contribution in [3.05, 3.63) is 34.3 Å². The van der Waals surface area contributed by atoms with E-state index in [2.05, 4.69) is 37.0 Å². The molecule has 1 aromatic carbocycles. The summed E-state index contributed by atoms with van der Waals surface area (Å²) in [5.74, 6) is -0.241. The highest BCUT2D eigenvalue weighted by Gasteiger charge is 2.10. The molecule has 1 amide bonds. The number of hydrogen-bond acceptors (Lipinski definition) is 4. The van der Waals surface area contributed by atoms with Gasteiger partial charge in [0.25, 0.3) is 5.91 Å². The molecular formula is C15H21BrN4O2S. The molecule has 0 aliphatic carbocycles. The van der Waals surface area contributed by atoms with Crippen LogP contribution in [0.5, 0.6) is 0 Å². The van der Waals surface area contributed by atoms with Gasteiger partial charge in [0.05, 0.1) is 18.8 Å². The summed E-state index contributed by atoms with van der Waals surface area (Å²) in [7, 11) is 0. The first-order valence-corrected chi connectivity index (χ1v) is 8.76.